The van der Waals surface area contributed by atoms with Gasteiger partial charge in [0.2, 0.25) is 0 Å². The highest BCUT2D eigenvalue weighted by Gasteiger charge is 2.21. The number of benzene rings is 1. The van der Waals surface area contributed by atoms with Crippen molar-refractivity contribution < 1.29 is 4.74 Å². The lowest BCUT2D eigenvalue weighted by Gasteiger charge is -2.34. The second-order valence-corrected chi connectivity index (χ2v) is 6.40. The Morgan fingerprint density at radius 2 is 1.93 bits per heavy atom. The Labute approximate surface area is 179 Å². The van der Waals surface area contributed by atoms with Crippen molar-refractivity contribution in [2.75, 3.05) is 26.2 Å². The molecule has 1 aromatic heterocycles. The van der Waals surface area contributed by atoms with E-state index in [1.165, 1.54) is 0 Å². The van der Waals surface area contributed by atoms with Crippen LogP contribution in [0.2, 0.25) is 0 Å². The van der Waals surface area contributed by atoms with Gasteiger partial charge < -0.3 is 15.0 Å². The van der Waals surface area contributed by atoms with Crippen LogP contribution in [0.4, 0.5) is 0 Å². The van der Waals surface area contributed by atoms with Gasteiger partial charge in [0.05, 0.1) is 24.0 Å². The molecule has 148 valence electrons. The third-order valence-electron chi connectivity index (χ3n) is 4.53. The molecule has 0 amide bonds. The van der Waals surface area contributed by atoms with E-state index in [2.05, 4.69) is 29.2 Å². The first-order valence-corrected chi connectivity index (χ1v) is 9.55. The van der Waals surface area contributed by atoms with Crippen molar-refractivity contribution in [1.29, 1.82) is 0 Å². The molecule has 0 aliphatic carbocycles. The second kappa shape index (κ2) is 11.3. The van der Waals surface area contributed by atoms with E-state index in [1.54, 1.807) is 0 Å². The van der Waals surface area contributed by atoms with Crippen molar-refractivity contribution in [3.8, 4) is 5.69 Å². The predicted octanol–water partition coefficient (Wildman–Crippen LogP) is 3.46. The van der Waals surface area contributed by atoms with Crippen LogP contribution in [0.1, 0.15) is 32.4 Å². The van der Waals surface area contributed by atoms with Crippen molar-refractivity contribution in [1.82, 2.24) is 20.0 Å². The summed E-state index contributed by atoms with van der Waals surface area (Å²) in [6, 6.07) is 12.2. The minimum Gasteiger partial charge on any atom is -0.378 e. The minimum atomic E-state index is 0. The highest BCUT2D eigenvalue weighted by molar-refractivity contribution is 14.0. The second-order valence-electron chi connectivity index (χ2n) is 6.40. The monoisotopic (exact) mass is 483 g/mol. The van der Waals surface area contributed by atoms with Gasteiger partial charge in [0, 0.05) is 32.4 Å². The molecule has 1 aliphatic rings. The summed E-state index contributed by atoms with van der Waals surface area (Å²) in [5.41, 5.74) is 2.03. The normalized spacial score (nSPS) is 15.5. The quantitative estimate of drug-likeness (QED) is 0.389. The van der Waals surface area contributed by atoms with E-state index in [-0.39, 0.29) is 24.0 Å². The number of rotatable bonds is 6. The van der Waals surface area contributed by atoms with Crippen molar-refractivity contribution >= 4 is 29.9 Å². The summed E-state index contributed by atoms with van der Waals surface area (Å²) in [6.07, 6.45) is 4.49. The maximum atomic E-state index is 5.75. The summed E-state index contributed by atoms with van der Waals surface area (Å²) < 4.78 is 7.64. The summed E-state index contributed by atoms with van der Waals surface area (Å²) in [7, 11) is 0. The molecule has 1 aliphatic heterocycles. The molecule has 1 N–H and O–H groups in total. The maximum absolute atomic E-state index is 5.75. The average Bonchev–Trinajstić information content (AvgIpc) is 3.16. The van der Waals surface area contributed by atoms with E-state index in [4.69, 9.17) is 9.73 Å². The number of aliphatic imine (C=N–C) groups is 1. The number of guanidine groups is 1. The Morgan fingerprint density at radius 1 is 1.19 bits per heavy atom. The van der Waals surface area contributed by atoms with Crippen LogP contribution in [-0.2, 0) is 11.3 Å². The zero-order chi connectivity index (χ0) is 18.2. The molecule has 3 rings (SSSR count). The van der Waals surface area contributed by atoms with E-state index >= 15 is 0 Å². The van der Waals surface area contributed by atoms with E-state index in [0.29, 0.717) is 12.6 Å². The van der Waals surface area contributed by atoms with Gasteiger partial charge in [-0.25, -0.2) is 9.67 Å². The summed E-state index contributed by atoms with van der Waals surface area (Å²) in [5, 5.41) is 8.05. The number of likely N-dealkylation sites (tertiary alicyclic amines) is 1. The Balaban J connectivity index is 0.00000261. The molecule has 7 heteroatoms. The topological polar surface area (TPSA) is 54.7 Å². The number of aromatic nitrogens is 2. The fraction of sp³-hybridized carbons (Fsp3) is 0.500. The van der Waals surface area contributed by atoms with Gasteiger partial charge in [0.1, 0.15) is 0 Å². The molecule has 0 bridgehead atoms. The van der Waals surface area contributed by atoms with Gasteiger partial charge in [-0.15, -0.1) is 24.0 Å². The molecule has 2 heterocycles. The fourth-order valence-corrected chi connectivity index (χ4v) is 3.22. The van der Waals surface area contributed by atoms with E-state index in [9.17, 15) is 0 Å². The molecule has 1 aromatic carbocycles. The number of nitrogens with one attached hydrogen (secondary N) is 1. The van der Waals surface area contributed by atoms with Crippen LogP contribution in [0.5, 0.6) is 0 Å². The molecule has 0 spiro atoms. The van der Waals surface area contributed by atoms with E-state index < -0.39 is 0 Å². The van der Waals surface area contributed by atoms with Crippen LogP contribution in [0.3, 0.4) is 0 Å². The molecule has 1 saturated heterocycles. The molecule has 0 radical (unpaired) electrons. The SMILES string of the molecule is CCNC(=NCc1ccn(-c2ccccc2)n1)N1CCC(OCC)CC1.I. The van der Waals surface area contributed by atoms with Gasteiger partial charge in [-0.2, -0.15) is 5.10 Å². The molecule has 27 heavy (non-hydrogen) atoms. The standard InChI is InChI=1S/C20H29N5O.HI/c1-3-21-20(24-13-11-19(12-14-24)26-4-2)22-16-17-10-15-25(23-17)18-8-6-5-7-9-18;/h5-10,15,19H,3-4,11-14,16H2,1-2H3,(H,21,22);1H. The van der Waals surface area contributed by atoms with Gasteiger partial charge in [0.15, 0.2) is 5.96 Å². The van der Waals surface area contributed by atoms with Gasteiger partial charge in [-0.1, -0.05) is 18.2 Å². The largest absolute Gasteiger partial charge is 0.378 e. The van der Waals surface area contributed by atoms with Crippen molar-refractivity contribution in [3.05, 3.63) is 48.3 Å². The zero-order valence-corrected chi connectivity index (χ0v) is 18.5. The summed E-state index contributed by atoms with van der Waals surface area (Å²) >= 11 is 0. The highest BCUT2D eigenvalue weighted by atomic mass is 127. The predicted molar refractivity (Wildman–Crippen MR) is 120 cm³/mol. The first-order valence-electron chi connectivity index (χ1n) is 9.55. The Kier molecular flexibility index (Phi) is 9.06. The third-order valence-corrected chi connectivity index (χ3v) is 4.53. The average molecular weight is 483 g/mol. The Morgan fingerprint density at radius 3 is 2.59 bits per heavy atom. The number of nitrogens with zero attached hydrogens (tertiary/aromatic N) is 4. The van der Waals surface area contributed by atoms with Crippen LogP contribution >= 0.6 is 24.0 Å². The van der Waals surface area contributed by atoms with Gasteiger partial charge in [-0.3, -0.25) is 0 Å². The van der Waals surface area contributed by atoms with Crippen LogP contribution in [0.15, 0.2) is 47.6 Å². The Hall–Kier alpha value is -1.61. The lowest BCUT2D eigenvalue weighted by Crippen LogP contribution is -2.47. The van der Waals surface area contributed by atoms with Crippen LogP contribution in [0, 0.1) is 0 Å². The molecule has 2 aromatic rings. The summed E-state index contributed by atoms with van der Waals surface area (Å²) in [6.45, 7) is 8.36. The number of hydrogen-bond donors (Lipinski definition) is 1. The zero-order valence-electron chi connectivity index (χ0n) is 16.2. The van der Waals surface area contributed by atoms with Crippen molar-refractivity contribution in [3.63, 3.8) is 0 Å². The number of piperidine rings is 1. The van der Waals surface area contributed by atoms with E-state index in [1.807, 2.05) is 47.3 Å². The smallest absolute Gasteiger partial charge is 0.194 e. The van der Waals surface area contributed by atoms with Crippen LogP contribution < -0.4 is 5.32 Å². The first-order chi connectivity index (χ1) is 12.8. The number of para-hydroxylation sites is 1. The first kappa shape index (κ1) is 21.7. The highest BCUT2D eigenvalue weighted by Crippen LogP contribution is 2.14. The maximum Gasteiger partial charge on any atom is 0.194 e. The molecule has 1 fully saturated rings. The molecule has 0 saturated carbocycles. The van der Waals surface area contributed by atoms with Crippen LogP contribution in [0.25, 0.3) is 5.69 Å². The van der Waals surface area contributed by atoms with Gasteiger partial charge >= 0.3 is 0 Å². The van der Waals surface area contributed by atoms with Gasteiger partial charge in [0.25, 0.3) is 0 Å². The minimum absolute atomic E-state index is 0. The van der Waals surface area contributed by atoms with Crippen LogP contribution in [-0.4, -0.2) is 53.0 Å². The fourth-order valence-electron chi connectivity index (χ4n) is 3.22. The number of halogens is 1. The summed E-state index contributed by atoms with van der Waals surface area (Å²) in [4.78, 5) is 7.13. The number of ether oxygens (including phenoxy) is 1. The van der Waals surface area contributed by atoms with Crippen molar-refractivity contribution in [2.45, 2.75) is 39.3 Å². The summed E-state index contributed by atoms with van der Waals surface area (Å²) in [5.74, 6) is 0.969. The molecule has 6 nitrogen and oxygen atoms in total. The lowest BCUT2D eigenvalue weighted by molar-refractivity contribution is 0.0263. The number of hydrogen-bond acceptors (Lipinski definition) is 3. The molecular formula is C20H30IN5O. The third kappa shape index (κ3) is 6.21. The van der Waals surface area contributed by atoms with Crippen molar-refractivity contribution in [2.24, 2.45) is 4.99 Å². The van der Waals surface area contributed by atoms with E-state index in [0.717, 1.165) is 56.4 Å². The molecular weight excluding hydrogens is 453 g/mol. The van der Waals surface area contributed by atoms with Gasteiger partial charge in [-0.05, 0) is 44.9 Å². The lowest BCUT2D eigenvalue weighted by atomic mass is 10.1. The Bertz CT molecular complexity index is 695. The molecule has 0 atom stereocenters. The molecule has 0 unspecified atom stereocenters.